The minimum atomic E-state index is -4.65. The van der Waals surface area contributed by atoms with Crippen molar-refractivity contribution in [2.45, 2.75) is 26.6 Å². The minimum absolute atomic E-state index is 0.0770. The fourth-order valence-corrected chi connectivity index (χ4v) is 3.56. The van der Waals surface area contributed by atoms with Crippen LogP contribution in [-0.4, -0.2) is 20.9 Å². The van der Waals surface area contributed by atoms with E-state index in [4.69, 9.17) is 11.6 Å². The van der Waals surface area contributed by atoms with Crippen LogP contribution in [0, 0.1) is 11.7 Å². The van der Waals surface area contributed by atoms with E-state index in [-0.39, 0.29) is 51.0 Å². The number of nitrogens with zero attached hydrogens (tertiary/aromatic N) is 2. The molecule has 0 aliphatic carbocycles. The van der Waals surface area contributed by atoms with Crippen molar-refractivity contribution in [3.63, 3.8) is 0 Å². The van der Waals surface area contributed by atoms with Crippen LogP contribution in [0.2, 0.25) is 5.02 Å². The minimum Gasteiger partial charge on any atom is -0.352 e. The summed E-state index contributed by atoms with van der Waals surface area (Å²) in [5, 5.41) is 3.14. The Hall–Kier alpha value is -2.79. The molecule has 1 amide bonds. The van der Waals surface area contributed by atoms with Crippen LogP contribution >= 0.6 is 22.9 Å². The topological polar surface area (TPSA) is 87.7 Å². The van der Waals surface area contributed by atoms with Gasteiger partial charge < -0.3 is 10.3 Å². The Bertz CT molecular complexity index is 1190. The maximum atomic E-state index is 15.1. The van der Waals surface area contributed by atoms with Gasteiger partial charge in [-0.3, -0.25) is 9.59 Å². The molecule has 0 atom stereocenters. The van der Waals surface area contributed by atoms with E-state index in [0.29, 0.717) is 11.3 Å². The molecule has 2 heterocycles. The summed E-state index contributed by atoms with van der Waals surface area (Å²) in [6.07, 6.45) is -4.65. The summed E-state index contributed by atoms with van der Waals surface area (Å²) >= 11 is 6.76. The molecule has 0 radical (unpaired) electrons. The van der Waals surface area contributed by atoms with Crippen LogP contribution < -0.4 is 10.9 Å². The van der Waals surface area contributed by atoms with Gasteiger partial charge in [0.15, 0.2) is 5.69 Å². The number of alkyl halides is 3. The Morgan fingerprint density at radius 3 is 2.61 bits per heavy atom. The number of rotatable bonds is 5. The van der Waals surface area contributed by atoms with E-state index in [9.17, 15) is 22.8 Å². The number of benzene rings is 1. The number of halogens is 5. The van der Waals surface area contributed by atoms with Gasteiger partial charge in [0.25, 0.3) is 5.56 Å². The molecule has 164 valence electrons. The average molecular weight is 475 g/mol. The summed E-state index contributed by atoms with van der Waals surface area (Å²) in [7, 11) is 0. The number of carbonyl (C=O) groups is 1. The first-order valence-electron chi connectivity index (χ1n) is 8.86. The fourth-order valence-electron chi connectivity index (χ4n) is 2.54. The van der Waals surface area contributed by atoms with Crippen LogP contribution in [0.1, 0.15) is 25.1 Å². The Labute approximate surface area is 182 Å². The van der Waals surface area contributed by atoms with Gasteiger partial charge in [0.05, 0.1) is 10.6 Å². The zero-order valence-corrected chi connectivity index (χ0v) is 17.7. The van der Waals surface area contributed by atoms with Crippen LogP contribution in [0.5, 0.6) is 0 Å². The molecule has 0 saturated heterocycles. The van der Waals surface area contributed by atoms with Crippen molar-refractivity contribution < 1.29 is 22.4 Å². The molecule has 0 aliphatic rings. The van der Waals surface area contributed by atoms with Crippen molar-refractivity contribution in [2.75, 3.05) is 0 Å². The van der Waals surface area contributed by atoms with Crippen LogP contribution in [0.4, 0.5) is 17.6 Å². The van der Waals surface area contributed by atoms with Gasteiger partial charge in [-0.2, -0.15) is 13.2 Å². The monoisotopic (exact) mass is 474 g/mol. The lowest BCUT2D eigenvalue weighted by Crippen LogP contribution is -2.27. The number of amides is 1. The quantitative estimate of drug-likeness (QED) is 0.527. The molecular weight excluding hydrogens is 460 g/mol. The van der Waals surface area contributed by atoms with Gasteiger partial charge in [-0.1, -0.05) is 31.5 Å². The molecule has 0 saturated carbocycles. The molecule has 2 N–H and O–H groups in total. The average Bonchev–Trinajstić information content (AvgIpc) is 3.17. The molecule has 0 aliphatic heterocycles. The molecule has 12 heteroatoms. The van der Waals surface area contributed by atoms with Crippen LogP contribution in [0.15, 0.2) is 28.4 Å². The molecule has 31 heavy (non-hydrogen) atoms. The second-order valence-corrected chi connectivity index (χ2v) is 8.05. The Morgan fingerprint density at radius 1 is 1.29 bits per heavy atom. The van der Waals surface area contributed by atoms with Gasteiger partial charge in [0.1, 0.15) is 22.3 Å². The molecule has 0 unspecified atom stereocenters. The number of aromatic amines is 1. The van der Waals surface area contributed by atoms with Crippen molar-refractivity contribution in [3.8, 4) is 22.1 Å². The Balaban J connectivity index is 2.03. The maximum Gasteiger partial charge on any atom is 0.434 e. The summed E-state index contributed by atoms with van der Waals surface area (Å²) in [5.41, 5.74) is -2.16. The number of thiazole rings is 1. The summed E-state index contributed by atoms with van der Waals surface area (Å²) in [5.74, 6) is -1.68. The molecule has 0 fully saturated rings. The zero-order valence-electron chi connectivity index (χ0n) is 16.1. The summed E-state index contributed by atoms with van der Waals surface area (Å²) < 4.78 is 53.6. The lowest BCUT2D eigenvalue weighted by atomic mass is 10.1. The van der Waals surface area contributed by atoms with Crippen LogP contribution in [0.3, 0.4) is 0 Å². The molecule has 0 bridgehead atoms. The highest BCUT2D eigenvalue weighted by atomic mass is 35.5. The second-order valence-electron chi connectivity index (χ2n) is 6.78. The van der Waals surface area contributed by atoms with Crippen LogP contribution in [0.25, 0.3) is 22.1 Å². The molecule has 0 spiro atoms. The summed E-state index contributed by atoms with van der Waals surface area (Å²) in [4.78, 5) is 33.7. The van der Waals surface area contributed by atoms with Crippen molar-refractivity contribution in [1.29, 1.82) is 0 Å². The standard InChI is InChI=1S/C19H15ClF4N4O2S/c1-8(2)17(30)25-6-9-3-4-10(20)14(15(9)21)16-26-11(5-13(29)28-16)18-27-12(7-31-18)19(22,23)24/h3-5,7-8H,6H2,1-2H3,(H,25,30)(H,26,28,29). The molecule has 2 aromatic heterocycles. The highest BCUT2D eigenvalue weighted by Crippen LogP contribution is 2.34. The third kappa shape index (κ3) is 5.10. The predicted molar refractivity (Wildman–Crippen MR) is 108 cm³/mol. The van der Waals surface area contributed by atoms with E-state index in [2.05, 4.69) is 20.3 Å². The van der Waals surface area contributed by atoms with E-state index in [1.54, 1.807) is 13.8 Å². The van der Waals surface area contributed by atoms with Gasteiger partial charge in [-0.25, -0.2) is 14.4 Å². The third-order valence-corrected chi connectivity index (χ3v) is 5.32. The smallest absolute Gasteiger partial charge is 0.352 e. The molecule has 6 nitrogen and oxygen atoms in total. The van der Waals surface area contributed by atoms with E-state index < -0.39 is 23.2 Å². The number of H-pyrrole nitrogens is 1. The summed E-state index contributed by atoms with van der Waals surface area (Å²) in [6.45, 7) is 3.24. The van der Waals surface area contributed by atoms with Gasteiger partial charge in [0, 0.05) is 29.5 Å². The largest absolute Gasteiger partial charge is 0.434 e. The van der Waals surface area contributed by atoms with Gasteiger partial charge in [-0.15, -0.1) is 11.3 Å². The fraction of sp³-hybridized carbons (Fsp3) is 0.263. The van der Waals surface area contributed by atoms with E-state index in [1.807, 2.05) is 0 Å². The molecular formula is C19H15ClF4N4O2S. The first kappa shape index (κ1) is 22.9. The first-order chi connectivity index (χ1) is 14.5. The van der Waals surface area contributed by atoms with Gasteiger partial charge in [0.2, 0.25) is 5.91 Å². The number of carbonyl (C=O) groups excluding carboxylic acids is 1. The molecule has 3 rings (SSSR count). The Morgan fingerprint density at radius 2 is 2.00 bits per heavy atom. The molecule has 3 aromatic rings. The first-order valence-corrected chi connectivity index (χ1v) is 10.1. The van der Waals surface area contributed by atoms with E-state index in [0.717, 1.165) is 11.4 Å². The number of nitrogens with one attached hydrogen (secondary N) is 2. The van der Waals surface area contributed by atoms with Crippen molar-refractivity contribution >= 4 is 28.8 Å². The second kappa shape index (κ2) is 8.75. The lowest BCUT2D eigenvalue weighted by Gasteiger charge is -2.12. The highest BCUT2D eigenvalue weighted by molar-refractivity contribution is 7.13. The lowest BCUT2D eigenvalue weighted by molar-refractivity contribution is -0.140. The van der Waals surface area contributed by atoms with E-state index in [1.165, 1.54) is 12.1 Å². The molecule has 1 aromatic carbocycles. The van der Waals surface area contributed by atoms with Gasteiger partial charge >= 0.3 is 6.18 Å². The van der Waals surface area contributed by atoms with Gasteiger partial charge in [-0.05, 0) is 6.07 Å². The zero-order chi connectivity index (χ0) is 22.9. The number of aromatic nitrogens is 3. The number of hydrogen-bond donors (Lipinski definition) is 2. The summed E-state index contributed by atoms with van der Waals surface area (Å²) in [6, 6.07) is 3.70. The van der Waals surface area contributed by atoms with Crippen LogP contribution in [-0.2, 0) is 17.5 Å². The normalized spacial score (nSPS) is 11.7. The predicted octanol–water partition coefficient (Wildman–Crippen LogP) is 4.64. The third-order valence-electron chi connectivity index (χ3n) is 4.14. The Kier molecular flexibility index (Phi) is 6.46. The van der Waals surface area contributed by atoms with Crippen molar-refractivity contribution in [3.05, 3.63) is 56.0 Å². The van der Waals surface area contributed by atoms with E-state index >= 15 is 4.39 Å². The highest BCUT2D eigenvalue weighted by Gasteiger charge is 2.34. The maximum absolute atomic E-state index is 15.1. The van der Waals surface area contributed by atoms with Crippen molar-refractivity contribution in [1.82, 2.24) is 20.3 Å². The number of hydrogen-bond acceptors (Lipinski definition) is 5. The SMILES string of the molecule is CC(C)C(=O)NCc1ccc(Cl)c(-c2nc(-c3nc(C(F)(F)F)cs3)cc(=O)[nH]2)c1F. The van der Waals surface area contributed by atoms with Crippen molar-refractivity contribution in [2.24, 2.45) is 5.92 Å².